The molecular formula is C19H38O2. The molecule has 1 unspecified atom stereocenters. The molecule has 2 heteroatoms. The average molecular weight is 299 g/mol. The van der Waals surface area contributed by atoms with E-state index in [0.717, 1.165) is 25.7 Å². The molecule has 1 N–H and O–H groups in total. The van der Waals surface area contributed by atoms with Gasteiger partial charge in [0.1, 0.15) is 0 Å². The Labute approximate surface area is 132 Å². The summed E-state index contributed by atoms with van der Waals surface area (Å²) in [5.74, 6) is -0.669. The zero-order valence-electron chi connectivity index (χ0n) is 14.5. The highest BCUT2D eigenvalue weighted by atomic mass is 16.4. The molecule has 21 heavy (non-hydrogen) atoms. The van der Waals surface area contributed by atoms with Gasteiger partial charge in [-0.3, -0.25) is 4.79 Å². The van der Waals surface area contributed by atoms with Gasteiger partial charge in [-0.25, -0.2) is 0 Å². The van der Waals surface area contributed by atoms with Gasteiger partial charge in [-0.2, -0.15) is 0 Å². The lowest BCUT2D eigenvalue weighted by Crippen LogP contribution is -2.13. The molecule has 0 spiro atoms. The summed E-state index contributed by atoms with van der Waals surface area (Å²) in [5, 5.41) is 9.25. The molecule has 0 aliphatic heterocycles. The predicted molar refractivity (Wildman–Crippen MR) is 91.7 cm³/mol. The third-order valence-corrected chi connectivity index (χ3v) is 4.41. The lowest BCUT2D eigenvalue weighted by atomic mass is 9.94. The Morgan fingerprint density at radius 3 is 1.38 bits per heavy atom. The summed E-state index contributed by atoms with van der Waals surface area (Å²) in [7, 11) is 0. The quantitative estimate of drug-likeness (QED) is 0.327. The van der Waals surface area contributed by atoms with Crippen LogP contribution in [0.4, 0.5) is 0 Å². The van der Waals surface area contributed by atoms with Crippen LogP contribution >= 0.6 is 0 Å². The van der Waals surface area contributed by atoms with Crippen LogP contribution in [0.3, 0.4) is 0 Å². The van der Waals surface area contributed by atoms with Crippen LogP contribution in [-0.4, -0.2) is 11.1 Å². The van der Waals surface area contributed by atoms with E-state index in [2.05, 4.69) is 13.8 Å². The molecule has 2 nitrogen and oxygen atoms in total. The standard InChI is InChI=1S/C19H38O2/c1-3-5-7-9-10-11-12-13-15-17-18(19(20)21)16-14-8-6-4-2/h18H,3-17H2,1-2H3,(H,20,21). The Balaban J connectivity index is 3.45. The first kappa shape index (κ1) is 20.5. The van der Waals surface area contributed by atoms with Crippen molar-refractivity contribution in [1.29, 1.82) is 0 Å². The van der Waals surface area contributed by atoms with Crippen LogP contribution in [0, 0.1) is 5.92 Å². The van der Waals surface area contributed by atoms with Gasteiger partial charge in [-0.15, -0.1) is 0 Å². The Morgan fingerprint density at radius 1 is 0.667 bits per heavy atom. The highest BCUT2D eigenvalue weighted by Crippen LogP contribution is 2.19. The zero-order chi connectivity index (χ0) is 15.8. The molecule has 0 rings (SSSR count). The van der Waals surface area contributed by atoms with Crippen LogP contribution < -0.4 is 0 Å². The largest absolute Gasteiger partial charge is 0.481 e. The van der Waals surface area contributed by atoms with E-state index in [1.807, 2.05) is 0 Å². The first-order valence-electron chi connectivity index (χ1n) is 9.45. The average Bonchev–Trinajstić information content (AvgIpc) is 2.47. The second kappa shape index (κ2) is 15.9. The van der Waals surface area contributed by atoms with Crippen molar-refractivity contribution in [1.82, 2.24) is 0 Å². The molecular weight excluding hydrogens is 260 g/mol. The number of rotatable bonds is 16. The van der Waals surface area contributed by atoms with Crippen LogP contribution in [0.15, 0.2) is 0 Å². The topological polar surface area (TPSA) is 37.3 Å². The minimum atomic E-state index is -0.578. The number of hydrogen-bond acceptors (Lipinski definition) is 1. The van der Waals surface area contributed by atoms with Crippen molar-refractivity contribution in [3.63, 3.8) is 0 Å². The monoisotopic (exact) mass is 298 g/mol. The summed E-state index contributed by atoms with van der Waals surface area (Å²) in [6, 6.07) is 0. The molecule has 0 bridgehead atoms. The molecule has 0 radical (unpaired) electrons. The molecule has 0 aromatic rings. The third-order valence-electron chi connectivity index (χ3n) is 4.41. The fraction of sp³-hybridized carbons (Fsp3) is 0.947. The molecule has 0 aromatic carbocycles. The highest BCUT2D eigenvalue weighted by Gasteiger charge is 2.15. The van der Waals surface area contributed by atoms with Crippen molar-refractivity contribution in [2.24, 2.45) is 5.92 Å². The van der Waals surface area contributed by atoms with Gasteiger partial charge >= 0.3 is 5.97 Å². The second-order valence-corrected chi connectivity index (χ2v) is 6.50. The summed E-state index contributed by atoms with van der Waals surface area (Å²) < 4.78 is 0. The lowest BCUT2D eigenvalue weighted by molar-refractivity contribution is -0.142. The molecule has 1 atom stereocenters. The summed E-state index contributed by atoms with van der Waals surface area (Å²) in [6.45, 7) is 4.44. The van der Waals surface area contributed by atoms with Gasteiger partial charge in [0.15, 0.2) is 0 Å². The number of unbranched alkanes of at least 4 members (excludes halogenated alkanes) is 11. The summed E-state index contributed by atoms with van der Waals surface area (Å²) in [6.07, 6.45) is 18.2. The molecule has 0 amide bonds. The van der Waals surface area contributed by atoms with E-state index in [9.17, 15) is 9.90 Å². The summed E-state index contributed by atoms with van der Waals surface area (Å²) >= 11 is 0. The summed E-state index contributed by atoms with van der Waals surface area (Å²) in [4.78, 5) is 11.2. The second-order valence-electron chi connectivity index (χ2n) is 6.50. The van der Waals surface area contributed by atoms with Gasteiger partial charge in [0.25, 0.3) is 0 Å². The van der Waals surface area contributed by atoms with Gasteiger partial charge in [0.05, 0.1) is 5.92 Å². The number of carboxylic acid groups (broad SMARTS) is 1. The lowest BCUT2D eigenvalue weighted by Gasteiger charge is -2.12. The van der Waals surface area contributed by atoms with E-state index in [4.69, 9.17) is 0 Å². The fourth-order valence-electron chi connectivity index (χ4n) is 2.91. The van der Waals surface area contributed by atoms with Gasteiger partial charge in [-0.1, -0.05) is 97.3 Å². The zero-order valence-corrected chi connectivity index (χ0v) is 14.5. The van der Waals surface area contributed by atoms with E-state index in [0.29, 0.717) is 0 Å². The SMILES string of the molecule is CCCCCCCCCCCC(CCCCCC)C(=O)O. The smallest absolute Gasteiger partial charge is 0.306 e. The first-order chi connectivity index (χ1) is 10.2. The molecule has 0 fully saturated rings. The molecule has 0 aliphatic carbocycles. The van der Waals surface area contributed by atoms with E-state index >= 15 is 0 Å². The fourth-order valence-corrected chi connectivity index (χ4v) is 2.91. The maximum atomic E-state index is 11.2. The van der Waals surface area contributed by atoms with Crippen molar-refractivity contribution in [2.45, 2.75) is 110 Å². The minimum absolute atomic E-state index is 0.0913. The molecule has 0 saturated carbocycles. The van der Waals surface area contributed by atoms with E-state index in [-0.39, 0.29) is 5.92 Å². The van der Waals surface area contributed by atoms with Crippen molar-refractivity contribution >= 4 is 5.97 Å². The Kier molecular flexibility index (Phi) is 15.5. The Morgan fingerprint density at radius 2 is 1.00 bits per heavy atom. The normalized spacial score (nSPS) is 12.5. The van der Waals surface area contributed by atoms with Crippen LogP contribution in [0.25, 0.3) is 0 Å². The van der Waals surface area contributed by atoms with Crippen molar-refractivity contribution in [2.75, 3.05) is 0 Å². The van der Waals surface area contributed by atoms with Crippen molar-refractivity contribution in [3.8, 4) is 0 Å². The number of hydrogen-bond donors (Lipinski definition) is 1. The van der Waals surface area contributed by atoms with Crippen LogP contribution in [0.2, 0.25) is 0 Å². The number of aliphatic carboxylic acids is 1. The first-order valence-corrected chi connectivity index (χ1v) is 9.45. The molecule has 0 heterocycles. The van der Waals surface area contributed by atoms with E-state index in [1.165, 1.54) is 70.6 Å². The molecule has 0 saturated heterocycles. The molecule has 0 aromatic heterocycles. The van der Waals surface area contributed by atoms with Gasteiger partial charge < -0.3 is 5.11 Å². The maximum absolute atomic E-state index is 11.2. The maximum Gasteiger partial charge on any atom is 0.306 e. The van der Waals surface area contributed by atoms with Crippen molar-refractivity contribution in [3.05, 3.63) is 0 Å². The Hall–Kier alpha value is -0.530. The van der Waals surface area contributed by atoms with Crippen LogP contribution in [-0.2, 0) is 4.79 Å². The Bertz CT molecular complexity index is 226. The minimum Gasteiger partial charge on any atom is -0.481 e. The molecule has 0 aliphatic rings. The van der Waals surface area contributed by atoms with Crippen LogP contribution in [0.5, 0.6) is 0 Å². The van der Waals surface area contributed by atoms with Crippen molar-refractivity contribution < 1.29 is 9.90 Å². The van der Waals surface area contributed by atoms with E-state index < -0.39 is 5.97 Å². The summed E-state index contributed by atoms with van der Waals surface area (Å²) in [5.41, 5.74) is 0. The van der Waals surface area contributed by atoms with Crippen LogP contribution in [0.1, 0.15) is 110 Å². The third kappa shape index (κ3) is 14.2. The van der Waals surface area contributed by atoms with E-state index in [1.54, 1.807) is 0 Å². The van der Waals surface area contributed by atoms with Gasteiger partial charge in [0.2, 0.25) is 0 Å². The molecule has 126 valence electrons. The number of carboxylic acids is 1. The predicted octanol–water partition coefficient (Wildman–Crippen LogP) is 6.58. The van der Waals surface area contributed by atoms with Gasteiger partial charge in [-0.05, 0) is 12.8 Å². The van der Waals surface area contributed by atoms with Gasteiger partial charge in [0, 0.05) is 0 Å². The number of carbonyl (C=O) groups is 1. The highest BCUT2D eigenvalue weighted by molar-refractivity contribution is 5.69.